The van der Waals surface area contributed by atoms with Gasteiger partial charge in [0.05, 0.1) is 12.7 Å². The van der Waals surface area contributed by atoms with E-state index in [-0.39, 0.29) is 19.1 Å². The molecule has 0 aromatic heterocycles. The van der Waals surface area contributed by atoms with E-state index in [0.29, 0.717) is 6.61 Å². The zero-order chi connectivity index (χ0) is 16.4. The molecule has 1 atom stereocenters. The van der Waals surface area contributed by atoms with Gasteiger partial charge in [-0.15, -0.1) is 0 Å². The number of benzene rings is 1. The molecule has 0 unspecified atom stereocenters. The van der Waals surface area contributed by atoms with Crippen molar-refractivity contribution >= 4 is 5.97 Å². The van der Waals surface area contributed by atoms with E-state index >= 15 is 0 Å². The van der Waals surface area contributed by atoms with E-state index in [2.05, 4.69) is 0 Å². The predicted molar refractivity (Wildman–Crippen MR) is 73.3 cm³/mol. The van der Waals surface area contributed by atoms with Crippen molar-refractivity contribution in [1.29, 1.82) is 0 Å². The Balaban J connectivity index is 2.39. The van der Waals surface area contributed by atoms with E-state index in [0.717, 1.165) is 11.6 Å². The van der Waals surface area contributed by atoms with Crippen LogP contribution in [0.2, 0.25) is 0 Å². The van der Waals surface area contributed by atoms with Gasteiger partial charge in [-0.1, -0.05) is 36.4 Å². The Labute approximate surface area is 126 Å². The van der Waals surface area contributed by atoms with Crippen molar-refractivity contribution in [2.45, 2.75) is 25.3 Å². The van der Waals surface area contributed by atoms with E-state index in [1.165, 1.54) is 0 Å². The minimum Gasteiger partial charge on any atom is -0.480 e. The van der Waals surface area contributed by atoms with Crippen LogP contribution < -0.4 is 0 Å². The summed E-state index contributed by atoms with van der Waals surface area (Å²) in [6.45, 7) is -0.178. The fourth-order valence-corrected chi connectivity index (χ4v) is 1.59. The largest absolute Gasteiger partial charge is 0.480 e. The first kappa shape index (κ1) is 18.2. The molecule has 0 aliphatic heterocycles. The average molecular weight is 318 g/mol. The molecule has 0 bridgehead atoms. The number of alkyl halides is 3. The molecule has 0 saturated carbocycles. The first-order valence-corrected chi connectivity index (χ1v) is 6.58. The van der Waals surface area contributed by atoms with Gasteiger partial charge >= 0.3 is 12.1 Å². The molecule has 7 heteroatoms. The normalized spacial score (nSPS) is 13.4. The van der Waals surface area contributed by atoms with Crippen LogP contribution in [0.25, 0.3) is 0 Å². The molecule has 0 heterocycles. The molecular formula is C15H17F3O4. The summed E-state index contributed by atoms with van der Waals surface area (Å²) in [6.07, 6.45) is -4.46. The Morgan fingerprint density at radius 2 is 1.95 bits per heavy atom. The topological polar surface area (TPSA) is 55.8 Å². The van der Waals surface area contributed by atoms with Crippen LogP contribution in [0.15, 0.2) is 42.5 Å². The van der Waals surface area contributed by atoms with E-state index in [1.54, 1.807) is 0 Å². The van der Waals surface area contributed by atoms with Crippen LogP contribution in [0.4, 0.5) is 13.2 Å². The second kappa shape index (κ2) is 9.22. The average Bonchev–Trinajstić information content (AvgIpc) is 2.45. The lowest BCUT2D eigenvalue weighted by molar-refractivity contribution is -0.143. The standard InChI is InChI=1S/C15H17F3O4/c16-15(17,18)8-6-13(22-11-14(19)20)7-9-21-10-12-4-2-1-3-5-12/h1-6,8,13H,7,9-11H2,(H,19,20)/b8-6-/t13-/m1/s1. The molecule has 22 heavy (non-hydrogen) atoms. The predicted octanol–water partition coefficient (Wildman–Crippen LogP) is 3.18. The zero-order valence-electron chi connectivity index (χ0n) is 11.8. The first-order valence-electron chi connectivity index (χ1n) is 6.58. The number of carboxylic acid groups (broad SMARTS) is 1. The molecule has 4 nitrogen and oxygen atoms in total. The molecule has 0 radical (unpaired) electrons. The number of hydrogen-bond acceptors (Lipinski definition) is 3. The minimum absolute atomic E-state index is 0.0384. The Bertz CT molecular complexity index is 471. The Hall–Kier alpha value is -1.86. The summed E-state index contributed by atoms with van der Waals surface area (Å²) in [5.74, 6) is -1.24. The summed E-state index contributed by atoms with van der Waals surface area (Å²) in [7, 11) is 0. The van der Waals surface area contributed by atoms with Crippen LogP contribution in [0.1, 0.15) is 12.0 Å². The lowest BCUT2D eigenvalue weighted by Crippen LogP contribution is -2.19. The summed E-state index contributed by atoms with van der Waals surface area (Å²) >= 11 is 0. The second-order valence-corrected chi connectivity index (χ2v) is 4.47. The molecule has 0 amide bonds. The van der Waals surface area contributed by atoms with Gasteiger partial charge in [-0.05, 0) is 5.56 Å². The van der Waals surface area contributed by atoms with Gasteiger partial charge in [0.15, 0.2) is 0 Å². The molecule has 0 spiro atoms. The number of aliphatic carboxylic acids is 1. The van der Waals surface area contributed by atoms with Gasteiger partial charge in [0.25, 0.3) is 0 Å². The molecule has 0 saturated heterocycles. The fourth-order valence-electron chi connectivity index (χ4n) is 1.59. The minimum atomic E-state index is -4.46. The third-order valence-corrected chi connectivity index (χ3v) is 2.58. The van der Waals surface area contributed by atoms with E-state index in [9.17, 15) is 18.0 Å². The number of allylic oxidation sites excluding steroid dienone is 1. The highest BCUT2D eigenvalue weighted by molar-refractivity contribution is 5.68. The smallest absolute Gasteiger partial charge is 0.409 e. The van der Waals surface area contributed by atoms with Crippen LogP contribution >= 0.6 is 0 Å². The zero-order valence-corrected chi connectivity index (χ0v) is 11.8. The highest BCUT2D eigenvalue weighted by Gasteiger charge is 2.23. The van der Waals surface area contributed by atoms with Gasteiger partial charge in [0.1, 0.15) is 6.61 Å². The molecular weight excluding hydrogens is 301 g/mol. The number of rotatable bonds is 9. The Kier molecular flexibility index (Phi) is 7.62. The molecule has 1 N–H and O–H groups in total. The van der Waals surface area contributed by atoms with Gasteiger partial charge in [-0.3, -0.25) is 0 Å². The van der Waals surface area contributed by atoms with Crippen LogP contribution in [0.5, 0.6) is 0 Å². The first-order chi connectivity index (χ1) is 10.4. The van der Waals surface area contributed by atoms with Crippen molar-refractivity contribution in [3.8, 4) is 0 Å². The van der Waals surface area contributed by atoms with Gasteiger partial charge < -0.3 is 14.6 Å². The monoisotopic (exact) mass is 318 g/mol. The number of hydrogen-bond donors (Lipinski definition) is 1. The van der Waals surface area contributed by atoms with Crippen LogP contribution in [-0.4, -0.2) is 36.6 Å². The Morgan fingerprint density at radius 3 is 2.55 bits per heavy atom. The van der Waals surface area contributed by atoms with Crippen molar-refractivity contribution in [2.24, 2.45) is 0 Å². The Morgan fingerprint density at radius 1 is 1.27 bits per heavy atom. The molecule has 0 aliphatic carbocycles. The summed E-state index contributed by atoms with van der Waals surface area (Å²) in [5, 5.41) is 8.51. The maximum atomic E-state index is 12.1. The summed E-state index contributed by atoms with van der Waals surface area (Å²) in [4.78, 5) is 10.4. The molecule has 1 rings (SSSR count). The molecule has 122 valence electrons. The number of carbonyl (C=O) groups is 1. The van der Waals surface area contributed by atoms with Gasteiger partial charge in [0.2, 0.25) is 0 Å². The van der Waals surface area contributed by atoms with Gasteiger partial charge in [0, 0.05) is 19.1 Å². The third kappa shape index (κ3) is 9.15. The van der Waals surface area contributed by atoms with E-state index in [1.807, 2.05) is 30.3 Å². The van der Waals surface area contributed by atoms with Crippen molar-refractivity contribution in [1.82, 2.24) is 0 Å². The molecule has 0 fully saturated rings. The number of carboxylic acids is 1. The van der Waals surface area contributed by atoms with Crippen LogP contribution in [0, 0.1) is 0 Å². The van der Waals surface area contributed by atoms with Crippen LogP contribution in [0.3, 0.4) is 0 Å². The van der Waals surface area contributed by atoms with E-state index < -0.39 is 24.9 Å². The number of ether oxygens (including phenoxy) is 2. The van der Waals surface area contributed by atoms with Gasteiger partial charge in [-0.25, -0.2) is 4.79 Å². The number of halogens is 3. The summed E-state index contributed by atoms with van der Waals surface area (Å²) < 4.78 is 46.6. The summed E-state index contributed by atoms with van der Waals surface area (Å²) in [6, 6.07) is 9.29. The second-order valence-electron chi connectivity index (χ2n) is 4.47. The van der Waals surface area contributed by atoms with Crippen LogP contribution in [-0.2, 0) is 20.9 Å². The highest BCUT2D eigenvalue weighted by atomic mass is 19.4. The molecule has 1 aromatic rings. The molecule has 1 aromatic carbocycles. The quantitative estimate of drug-likeness (QED) is 0.561. The SMILES string of the molecule is O=C(O)CO[C@H](/C=C\C(F)(F)F)CCOCc1ccccc1. The van der Waals surface area contributed by atoms with Crippen molar-refractivity contribution in [3.63, 3.8) is 0 Å². The van der Waals surface area contributed by atoms with Crippen molar-refractivity contribution in [2.75, 3.05) is 13.2 Å². The van der Waals surface area contributed by atoms with Crippen molar-refractivity contribution in [3.05, 3.63) is 48.0 Å². The van der Waals surface area contributed by atoms with Gasteiger partial charge in [-0.2, -0.15) is 13.2 Å². The van der Waals surface area contributed by atoms with E-state index in [4.69, 9.17) is 14.6 Å². The lowest BCUT2D eigenvalue weighted by atomic mass is 10.2. The maximum Gasteiger partial charge on any atom is 0.409 e. The third-order valence-electron chi connectivity index (χ3n) is 2.58. The fraction of sp³-hybridized carbons (Fsp3) is 0.400. The van der Waals surface area contributed by atoms with Crippen molar-refractivity contribution < 1.29 is 32.5 Å². The summed E-state index contributed by atoms with van der Waals surface area (Å²) in [5.41, 5.74) is 0.941. The molecule has 0 aliphatic rings. The highest BCUT2D eigenvalue weighted by Crippen LogP contribution is 2.17. The lowest BCUT2D eigenvalue weighted by Gasteiger charge is -2.13. The maximum absolute atomic E-state index is 12.1.